The van der Waals surface area contributed by atoms with Gasteiger partial charge in [-0.1, -0.05) is 36.4 Å². The van der Waals surface area contributed by atoms with Gasteiger partial charge in [0.1, 0.15) is 0 Å². The fraction of sp³-hybridized carbons (Fsp3) is 0.273. The molecule has 4 rings (SSSR count). The first-order valence-corrected chi connectivity index (χ1v) is 9.20. The Morgan fingerprint density at radius 2 is 1.33 bits per heavy atom. The molecule has 0 amide bonds. The molecule has 136 valence electrons. The molecule has 27 heavy (non-hydrogen) atoms. The predicted octanol–water partition coefficient (Wildman–Crippen LogP) is 4.11. The molecule has 2 aromatic heterocycles. The quantitative estimate of drug-likeness (QED) is 0.661. The SMILES string of the molecule is CC1(C)OB(c2ccc(-c3cccc(-c4ccccn4)n3)cc2)OC1(C)C. The molecule has 0 atom stereocenters. The summed E-state index contributed by atoms with van der Waals surface area (Å²) in [5, 5.41) is 0. The summed E-state index contributed by atoms with van der Waals surface area (Å²) in [6, 6.07) is 20.1. The number of rotatable bonds is 3. The minimum atomic E-state index is -0.350. The maximum atomic E-state index is 6.13. The smallest absolute Gasteiger partial charge is 0.399 e. The van der Waals surface area contributed by atoms with Gasteiger partial charge in [0.25, 0.3) is 0 Å². The third kappa shape index (κ3) is 3.40. The first-order valence-electron chi connectivity index (χ1n) is 9.20. The van der Waals surface area contributed by atoms with Crippen LogP contribution in [-0.4, -0.2) is 28.3 Å². The molecule has 0 bridgehead atoms. The van der Waals surface area contributed by atoms with Crippen LogP contribution in [0, 0.1) is 0 Å². The Bertz CT molecular complexity index is 924. The second-order valence-corrected chi connectivity index (χ2v) is 7.83. The molecular weight excluding hydrogens is 335 g/mol. The number of benzene rings is 1. The molecule has 1 fully saturated rings. The second-order valence-electron chi connectivity index (χ2n) is 7.83. The highest BCUT2D eigenvalue weighted by molar-refractivity contribution is 6.62. The number of nitrogens with zero attached hydrogens (tertiary/aromatic N) is 2. The highest BCUT2D eigenvalue weighted by atomic mass is 16.7. The molecule has 5 heteroatoms. The Morgan fingerprint density at radius 3 is 1.96 bits per heavy atom. The highest BCUT2D eigenvalue weighted by Gasteiger charge is 2.51. The van der Waals surface area contributed by atoms with Crippen molar-refractivity contribution in [1.82, 2.24) is 9.97 Å². The Kier molecular flexibility index (Phi) is 4.37. The maximum Gasteiger partial charge on any atom is 0.494 e. The van der Waals surface area contributed by atoms with Gasteiger partial charge in [0.05, 0.1) is 28.3 Å². The third-order valence-electron chi connectivity index (χ3n) is 5.41. The number of hydrogen-bond donors (Lipinski definition) is 0. The summed E-state index contributed by atoms with van der Waals surface area (Å²) in [6.07, 6.45) is 1.78. The Morgan fingerprint density at radius 1 is 0.704 bits per heavy atom. The lowest BCUT2D eigenvalue weighted by Crippen LogP contribution is -2.41. The van der Waals surface area contributed by atoms with Crippen LogP contribution in [0.2, 0.25) is 0 Å². The molecule has 0 unspecified atom stereocenters. The van der Waals surface area contributed by atoms with Gasteiger partial charge in [-0.05, 0) is 57.4 Å². The lowest BCUT2D eigenvalue weighted by molar-refractivity contribution is 0.00578. The fourth-order valence-electron chi connectivity index (χ4n) is 3.04. The molecule has 0 radical (unpaired) electrons. The van der Waals surface area contributed by atoms with Crippen LogP contribution in [0.5, 0.6) is 0 Å². The lowest BCUT2D eigenvalue weighted by atomic mass is 9.79. The van der Waals surface area contributed by atoms with Crippen molar-refractivity contribution < 1.29 is 9.31 Å². The summed E-state index contributed by atoms with van der Waals surface area (Å²) in [4.78, 5) is 9.14. The van der Waals surface area contributed by atoms with E-state index in [-0.39, 0.29) is 18.3 Å². The predicted molar refractivity (Wildman–Crippen MR) is 109 cm³/mol. The van der Waals surface area contributed by atoms with Gasteiger partial charge >= 0.3 is 7.12 Å². The maximum absolute atomic E-state index is 6.13. The standard InChI is InChI=1S/C22H23BN2O2/c1-21(2)22(3,4)27-23(26-21)17-13-11-16(12-14-17)18-9-7-10-20(25-18)19-8-5-6-15-24-19/h5-15H,1-4H3. The molecule has 1 aliphatic heterocycles. The van der Waals surface area contributed by atoms with E-state index in [9.17, 15) is 0 Å². The summed E-state index contributed by atoms with van der Waals surface area (Å²) >= 11 is 0. The van der Waals surface area contributed by atoms with Crippen molar-refractivity contribution in [3.63, 3.8) is 0 Å². The minimum Gasteiger partial charge on any atom is -0.399 e. The van der Waals surface area contributed by atoms with Crippen LogP contribution in [0.4, 0.5) is 0 Å². The first kappa shape index (κ1) is 17.9. The number of pyridine rings is 2. The minimum absolute atomic E-state index is 0.338. The van der Waals surface area contributed by atoms with Crippen molar-refractivity contribution in [2.45, 2.75) is 38.9 Å². The lowest BCUT2D eigenvalue weighted by Gasteiger charge is -2.32. The van der Waals surface area contributed by atoms with E-state index in [1.54, 1.807) is 6.20 Å². The van der Waals surface area contributed by atoms with E-state index in [4.69, 9.17) is 14.3 Å². The van der Waals surface area contributed by atoms with Crippen LogP contribution < -0.4 is 5.46 Å². The van der Waals surface area contributed by atoms with Crippen LogP contribution in [0.3, 0.4) is 0 Å². The molecule has 1 aliphatic rings. The monoisotopic (exact) mass is 358 g/mol. The van der Waals surface area contributed by atoms with E-state index in [0.717, 1.165) is 28.1 Å². The number of hydrogen-bond acceptors (Lipinski definition) is 4. The zero-order valence-electron chi connectivity index (χ0n) is 16.1. The Labute approximate surface area is 160 Å². The van der Waals surface area contributed by atoms with Gasteiger partial charge in [0.2, 0.25) is 0 Å². The first-order chi connectivity index (χ1) is 12.9. The van der Waals surface area contributed by atoms with Crippen molar-refractivity contribution in [3.05, 3.63) is 66.9 Å². The van der Waals surface area contributed by atoms with Gasteiger partial charge in [-0.15, -0.1) is 0 Å². The molecular formula is C22H23BN2O2. The van der Waals surface area contributed by atoms with Crippen LogP contribution in [0.15, 0.2) is 66.9 Å². The van der Waals surface area contributed by atoms with E-state index in [1.165, 1.54) is 0 Å². The van der Waals surface area contributed by atoms with Crippen LogP contribution in [0.25, 0.3) is 22.6 Å². The van der Waals surface area contributed by atoms with Gasteiger partial charge in [-0.3, -0.25) is 4.98 Å². The zero-order valence-corrected chi connectivity index (χ0v) is 16.1. The second kappa shape index (κ2) is 6.59. The molecule has 4 nitrogen and oxygen atoms in total. The van der Waals surface area contributed by atoms with Gasteiger partial charge in [0.15, 0.2) is 0 Å². The average molecular weight is 358 g/mol. The highest BCUT2D eigenvalue weighted by Crippen LogP contribution is 2.36. The van der Waals surface area contributed by atoms with Crippen molar-refractivity contribution in [1.29, 1.82) is 0 Å². The largest absolute Gasteiger partial charge is 0.494 e. The molecule has 0 aliphatic carbocycles. The van der Waals surface area contributed by atoms with Gasteiger partial charge in [-0.2, -0.15) is 0 Å². The summed E-state index contributed by atoms with van der Waals surface area (Å²) in [7, 11) is -0.350. The van der Waals surface area contributed by atoms with E-state index in [0.29, 0.717) is 0 Å². The molecule has 0 saturated carbocycles. The number of aromatic nitrogens is 2. The van der Waals surface area contributed by atoms with Gasteiger partial charge < -0.3 is 9.31 Å². The van der Waals surface area contributed by atoms with Gasteiger partial charge in [-0.25, -0.2) is 4.98 Å². The summed E-state index contributed by atoms with van der Waals surface area (Å²) in [5.74, 6) is 0. The molecule has 3 aromatic rings. The van der Waals surface area contributed by atoms with E-state index >= 15 is 0 Å². The molecule has 0 N–H and O–H groups in total. The van der Waals surface area contributed by atoms with Crippen molar-refractivity contribution in [3.8, 4) is 22.6 Å². The summed E-state index contributed by atoms with van der Waals surface area (Å²) in [5.41, 5.74) is 4.03. The zero-order chi connectivity index (χ0) is 19.1. The van der Waals surface area contributed by atoms with Crippen molar-refractivity contribution >= 4 is 12.6 Å². The van der Waals surface area contributed by atoms with Crippen LogP contribution >= 0.6 is 0 Å². The molecule has 3 heterocycles. The van der Waals surface area contributed by atoms with E-state index in [2.05, 4.69) is 44.8 Å². The van der Waals surface area contributed by atoms with Crippen LogP contribution in [0.1, 0.15) is 27.7 Å². The summed E-state index contributed by atoms with van der Waals surface area (Å²) in [6.45, 7) is 8.26. The van der Waals surface area contributed by atoms with Crippen molar-refractivity contribution in [2.24, 2.45) is 0 Å². The van der Waals surface area contributed by atoms with Gasteiger partial charge in [0, 0.05) is 11.8 Å². The fourth-order valence-corrected chi connectivity index (χ4v) is 3.04. The Balaban J connectivity index is 1.59. The molecule has 1 saturated heterocycles. The van der Waals surface area contributed by atoms with E-state index in [1.807, 2.05) is 48.5 Å². The molecule has 0 spiro atoms. The molecule has 1 aromatic carbocycles. The van der Waals surface area contributed by atoms with Crippen molar-refractivity contribution in [2.75, 3.05) is 0 Å². The Hall–Kier alpha value is -2.50. The topological polar surface area (TPSA) is 44.2 Å². The summed E-state index contributed by atoms with van der Waals surface area (Å²) < 4.78 is 12.3. The third-order valence-corrected chi connectivity index (χ3v) is 5.41. The average Bonchev–Trinajstić information content (AvgIpc) is 2.90. The normalized spacial score (nSPS) is 17.9. The van der Waals surface area contributed by atoms with Crippen LogP contribution in [-0.2, 0) is 9.31 Å². The van der Waals surface area contributed by atoms with E-state index < -0.39 is 0 Å².